The highest BCUT2D eigenvalue weighted by atomic mass is 35.5. The highest BCUT2D eigenvalue weighted by Crippen LogP contribution is 2.24. The molecule has 0 saturated carbocycles. The molecule has 4 aromatic rings. The van der Waals surface area contributed by atoms with Gasteiger partial charge >= 0.3 is 6.01 Å². The van der Waals surface area contributed by atoms with Crippen molar-refractivity contribution in [2.75, 3.05) is 5.32 Å². The molecule has 28 heavy (non-hydrogen) atoms. The standard InChI is InChI=1S/C21H14ClN3O3/c22-16-11-9-14(10-12-16)20-24-25-21(28-20)23-19(26)15-5-4-8-18(13-15)27-17-6-2-1-3-7-17/h1-13H,(H,23,25,26). The summed E-state index contributed by atoms with van der Waals surface area (Å²) in [7, 11) is 0. The van der Waals surface area contributed by atoms with Crippen LogP contribution in [0.25, 0.3) is 11.5 Å². The number of carbonyl (C=O) groups excluding carboxylic acids is 1. The van der Waals surface area contributed by atoms with Gasteiger partial charge in [0.2, 0.25) is 5.89 Å². The van der Waals surface area contributed by atoms with Gasteiger partial charge in [0.15, 0.2) is 0 Å². The second-order valence-corrected chi connectivity index (χ2v) is 6.25. The summed E-state index contributed by atoms with van der Waals surface area (Å²) in [6.45, 7) is 0. The van der Waals surface area contributed by atoms with Crippen LogP contribution in [-0.2, 0) is 0 Å². The Labute approximate surface area is 165 Å². The largest absolute Gasteiger partial charge is 0.457 e. The molecule has 1 heterocycles. The van der Waals surface area contributed by atoms with Crippen molar-refractivity contribution in [2.45, 2.75) is 0 Å². The smallest absolute Gasteiger partial charge is 0.322 e. The minimum Gasteiger partial charge on any atom is -0.457 e. The quantitative estimate of drug-likeness (QED) is 0.490. The third-order valence-electron chi connectivity index (χ3n) is 3.81. The average Bonchev–Trinajstić information content (AvgIpc) is 3.18. The van der Waals surface area contributed by atoms with Gasteiger partial charge in [0.1, 0.15) is 11.5 Å². The van der Waals surface area contributed by atoms with E-state index in [0.29, 0.717) is 27.6 Å². The van der Waals surface area contributed by atoms with Crippen LogP contribution in [0.1, 0.15) is 10.4 Å². The van der Waals surface area contributed by atoms with Crippen molar-refractivity contribution >= 4 is 23.5 Å². The molecule has 0 aliphatic carbocycles. The number of hydrogen-bond donors (Lipinski definition) is 1. The first-order valence-corrected chi connectivity index (χ1v) is 8.79. The van der Waals surface area contributed by atoms with E-state index in [0.717, 1.165) is 0 Å². The van der Waals surface area contributed by atoms with Gasteiger partial charge in [-0.2, -0.15) is 0 Å². The summed E-state index contributed by atoms with van der Waals surface area (Å²) in [4.78, 5) is 12.5. The van der Waals surface area contributed by atoms with Gasteiger partial charge in [-0.05, 0) is 54.6 Å². The van der Waals surface area contributed by atoms with Crippen LogP contribution < -0.4 is 10.1 Å². The van der Waals surface area contributed by atoms with Crippen molar-refractivity contribution in [1.82, 2.24) is 10.2 Å². The fraction of sp³-hybridized carbons (Fsp3) is 0. The molecule has 6 nitrogen and oxygen atoms in total. The lowest BCUT2D eigenvalue weighted by Crippen LogP contribution is -2.12. The van der Waals surface area contributed by atoms with E-state index in [4.69, 9.17) is 20.8 Å². The van der Waals surface area contributed by atoms with E-state index in [2.05, 4.69) is 15.5 Å². The summed E-state index contributed by atoms with van der Waals surface area (Å²) in [5.41, 5.74) is 1.11. The highest BCUT2D eigenvalue weighted by Gasteiger charge is 2.13. The first kappa shape index (κ1) is 17.8. The van der Waals surface area contributed by atoms with E-state index in [1.807, 2.05) is 30.3 Å². The average molecular weight is 392 g/mol. The highest BCUT2D eigenvalue weighted by molar-refractivity contribution is 6.30. The maximum atomic E-state index is 12.5. The molecule has 0 fully saturated rings. The lowest BCUT2D eigenvalue weighted by molar-refractivity contribution is 0.102. The minimum absolute atomic E-state index is 0.00401. The van der Waals surface area contributed by atoms with Gasteiger partial charge in [-0.1, -0.05) is 41.0 Å². The molecule has 1 aromatic heterocycles. The zero-order valence-electron chi connectivity index (χ0n) is 14.5. The summed E-state index contributed by atoms with van der Waals surface area (Å²) in [5.74, 6) is 1.13. The molecule has 138 valence electrons. The fourth-order valence-electron chi connectivity index (χ4n) is 2.48. The number of halogens is 1. The van der Waals surface area contributed by atoms with Crippen molar-refractivity contribution in [2.24, 2.45) is 0 Å². The number of carbonyl (C=O) groups is 1. The third-order valence-corrected chi connectivity index (χ3v) is 4.06. The number of nitrogens with zero attached hydrogens (tertiary/aromatic N) is 2. The van der Waals surface area contributed by atoms with Gasteiger partial charge in [0.05, 0.1) is 0 Å². The van der Waals surface area contributed by atoms with Crippen LogP contribution >= 0.6 is 11.6 Å². The number of para-hydroxylation sites is 1. The topological polar surface area (TPSA) is 77.3 Å². The Morgan fingerprint density at radius 3 is 2.43 bits per heavy atom. The molecular formula is C21H14ClN3O3. The van der Waals surface area contributed by atoms with Gasteiger partial charge in [-0.3, -0.25) is 10.1 Å². The van der Waals surface area contributed by atoms with Crippen molar-refractivity contribution in [3.63, 3.8) is 0 Å². The molecule has 0 atom stereocenters. The van der Waals surface area contributed by atoms with Gasteiger partial charge < -0.3 is 9.15 Å². The van der Waals surface area contributed by atoms with Crippen LogP contribution in [0.5, 0.6) is 11.5 Å². The predicted octanol–water partition coefficient (Wildman–Crippen LogP) is 5.43. The SMILES string of the molecule is O=C(Nc1nnc(-c2ccc(Cl)cc2)o1)c1cccc(Oc2ccccc2)c1. The molecule has 1 amide bonds. The van der Waals surface area contributed by atoms with E-state index in [1.165, 1.54) is 0 Å². The number of rotatable bonds is 5. The number of anilines is 1. The number of amides is 1. The maximum Gasteiger partial charge on any atom is 0.322 e. The number of ether oxygens (including phenoxy) is 1. The Kier molecular flexibility index (Phi) is 5.03. The molecule has 0 spiro atoms. The maximum absolute atomic E-state index is 12.5. The molecule has 0 saturated heterocycles. The first-order valence-electron chi connectivity index (χ1n) is 8.41. The molecule has 0 aliphatic heterocycles. The Bertz CT molecular complexity index is 1100. The van der Waals surface area contributed by atoms with E-state index in [9.17, 15) is 4.79 Å². The summed E-state index contributed by atoms with van der Waals surface area (Å²) in [5, 5.41) is 11.0. The van der Waals surface area contributed by atoms with Crippen LogP contribution in [0.3, 0.4) is 0 Å². The summed E-state index contributed by atoms with van der Waals surface area (Å²) >= 11 is 5.87. The summed E-state index contributed by atoms with van der Waals surface area (Å²) in [6, 6.07) is 23.1. The number of nitrogens with one attached hydrogen (secondary N) is 1. The Morgan fingerprint density at radius 1 is 0.893 bits per heavy atom. The van der Waals surface area contributed by atoms with E-state index in [-0.39, 0.29) is 17.8 Å². The fourth-order valence-corrected chi connectivity index (χ4v) is 2.60. The van der Waals surface area contributed by atoms with Crippen molar-refractivity contribution < 1.29 is 13.9 Å². The molecule has 0 unspecified atom stereocenters. The second kappa shape index (κ2) is 7.94. The van der Waals surface area contributed by atoms with Crippen LogP contribution in [0, 0.1) is 0 Å². The molecule has 0 radical (unpaired) electrons. The van der Waals surface area contributed by atoms with Crippen molar-refractivity contribution in [3.8, 4) is 23.0 Å². The van der Waals surface area contributed by atoms with E-state index >= 15 is 0 Å². The van der Waals surface area contributed by atoms with Gasteiger partial charge in [0.25, 0.3) is 5.91 Å². The molecule has 3 aromatic carbocycles. The van der Waals surface area contributed by atoms with E-state index < -0.39 is 0 Å². The van der Waals surface area contributed by atoms with Gasteiger partial charge in [0, 0.05) is 16.1 Å². The number of benzene rings is 3. The molecule has 1 N–H and O–H groups in total. The lowest BCUT2D eigenvalue weighted by Gasteiger charge is -2.07. The van der Waals surface area contributed by atoms with Crippen LogP contribution in [0.4, 0.5) is 6.01 Å². The zero-order valence-corrected chi connectivity index (χ0v) is 15.3. The Hall–Kier alpha value is -3.64. The minimum atomic E-state index is -0.384. The lowest BCUT2D eigenvalue weighted by atomic mass is 10.2. The summed E-state index contributed by atoms with van der Waals surface area (Å²) < 4.78 is 11.2. The van der Waals surface area contributed by atoms with Crippen LogP contribution in [0.15, 0.2) is 83.3 Å². The first-order chi connectivity index (χ1) is 13.7. The molecular weight excluding hydrogens is 378 g/mol. The second-order valence-electron chi connectivity index (χ2n) is 5.82. The Morgan fingerprint density at radius 2 is 1.64 bits per heavy atom. The zero-order chi connectivity index (χ0) is 19.3. The molecule has 4 rings (SSSR count). The van der Waals surface area contributed by atoms with Crippen molar-refractivity contribution in [3.05, 3.63) is 89.4 Å². The van der Waals surface area contributed by atoms with Gasteiger partial charge in [-0.25, -0.2) is 0 Å². The Balaban J connectivity index is 1.47. The molecule has 0 bridgehead atoms. The predicted molar refractivity (Wildman–Crippen MR) is 106 cm³/mol. The monoisotopic (exact) mass is 391 g/mol. The molecule has 0 aliphatic rings. The number of hydrogen-bond acceptors (Lipinski definition) is 5. The van der Waals surface area contributed by atoms with Crippen LogP contribution in [0.2, 0.25) is 5.02 Å². The molecule has 7 heteroatoms. The van der Waals surface area contributed by atoms with E-state index in [1.54, 1.807) is 48.5 Å². The third kappa shape index (κ3) is 4.19. The normalized spacial score (nSPS) is 10.5. The van der Waals surface area contributed by atoms with Crippen LogP contribution in [-0.4, -0.2) is 16.1 Å². The van der Waals surface area contributed by atoms with Gasteiger partial charge in [-0.15, -0.1) is 5.10 Å². The van der Waals surface area contributed by atoms with Crippen molar-refractivity contribution in [1.29, 1.82) is 0 Å². The summed E-state index contributed by atoms with van der Waals surface area (Å²) in [6.07, 6.45) is 0. The number of aromatic nitrogens is 2.